The monoisotopic (exact) mass is 396 g/mol. The van der Waals surface area contributed by atoms with Gasteiger partial charge in [-0.2, -0.15) is 0 Å². The van der Waals surface area contributed by atoms with Crippen LogP contribution in [0.1, 0.15) is 23.1 Å². The third-order valence-corrected chi connectivity index (χ3v) is 5.81. The molecule has 1 fully saturated rings. The van der Waals surface area contributed by atoms with Crippen LogP contribution in [-0.2, 0) is 10.3 Å². The van der Waals surface area contributed by atoms with Crippen LogP contribution in [0.15, 0.2) is 103 Å². The van der Waals surface area contributed by atoms with Gasteiger partial charge in [0.25, 0.3) is 0 Å². The van der Waals surface area contributed by atoms with Gasteiger partial charge in [0.05, 0.1) is 12.1 Å². The first-order chi connectivity index (χ1) is 14.6. The first-order valence-corrected chi connectivity index (χ1v) is 10.4. The van der Waals surface area contributed by atoms with Gasteiger partial charge in [-0.25, -0.2) is 0 Å². The highest BCUT2D eigenvalue weighted by Gasteiger charge is 2.44. The minimum atomic E-state index is -0.525. The highest BCUT2D eigenvalue weighted by atomic mass is 16.1. The van der Waals surface area contributed by atoms with Crippen molar-refractivity contribution in [3.05, 3.63) is 119 Å². The number of carbonyl (C=O) groups is 1. The Hall–Kier alpha value is -3.17. The van der Waals surface area contributed by atoms with Crippen LogP contribution in [0.5, 0.6) is 0 Å². The quantitative estimate of drug-likeness (QED) is 0.461. The summed E-state index contributed by atoms with van der Waals surface area (Å²) in [5, 5.41) is 0. The average Bonchev–Trinajstić information content (AvgIpc) is 2.78. The summed E-state index contributed by atoms with van der Waals surface area (Å²) in [7, 11) is 3.93. The number of hydrogen-bond donors (Lipinski definition) is 0. The maximum atomic E-state index is 13.1. The van der Waals surface area contributed by atoms with E-state index in [0.717, 1.165) is 18.5 Å². The molecule has 3 aromatic carbocycles. The minimum Gasteiger partial charge on any atom is -0.383 e. The Morgan fingerprint density at radius 1 is 0.767 bits per heavy atom. The molecule has 30 heavy (non-hydrogen) atoms. The number of Topliss-reactive ketones (excluding diaryl/α,β-unsaturated/α-hetero) is 1. The molecule has 0 amide bonds. The number of benzene rings is 3. The first-order valence-electron chi connectivity index (χ1n) is 10.4. The van der Waals surface area contributed by atoms with Crippen LogP contribution in [0.4, 0.5) is 0 Å². The molecule has 0 N–H and O–H groups in total. The van der Waals surface area contributed by atoms with E-state index in [-0.39, 0.29) is 5.78 Å². The largest absolute Gasteiger partial charge is 0.383 e. The van der Waals surface area contributed by atoms with Gasteiger partial charge in [0.2, 0.25) is 0 Å². The van der Waals surface area contributed by atoms with Crippen molar-refractivity contribution >= 4 is 5.78 Å². The predicted molar refractivity (Wildman–Crippen MR) is 122 cm³/mol. The summed E-state index contributed by atoms with van der Waals surface area (Å²) >= 11 is 0. The third kappa shape index (κ3) is 3.69. The standard InChI is InChI=1S/C27H28N2O/c1-28(2)20-22-18-19-29(21-26(22)30)27(23-12-6-3-7-13-23,24-14-8-4-9-15-24)25-16-10-5-11-17-25/h3-17,20H,18-19,21H2,1-2H3/b22-20+. The molecule has 1 aliphatic rings. The number of ketones is 1. The van der Waals surface area contributed by atoms with E-state index in [1.54, 1.807) is 0 Å². The van der Waals surface area contributed by atoms with Crippen LogP contribution in [-0.4, -0.2) is 42.8 Å². The SMILES string of the molecule is CN(C)/C=C1\CCN(C(c2ccccc2)(c2ccccc2)c2ccccc2)CC1=O. The second-order valence-corrected chi connectivity index (χ2v) is 8.02. The topological polar surface area (TPSA) is 23.6 Å². The molecule has 4 rings (SSSR count). The molecule has 0 saturated carbocycles. The molecule has 0 radical (unpaired) electrons. The number of piperidine rings is 1. The first kappa shape index (κ1) is 20.1. The fourth-order valence-electron chi connectivity index (χ4n) is 4.57. The number of nitrogens with zero attached hydrogens (tertiary/aromatic N) is 2. The average molecular weight is 397 g/mol. The summed E-state index contributed by atoms with van der Waals surface area (Å²) in [5.74, 6) is 0.196. The van der Waals surface area contributed by atoms with Crippen molar-refractivity contribution in [3.8, 4) is 0 Å². The Bertz CT molecular complexity index is 914. The van der Waals surface area contributed by atoms with E-state index in [2.05, 4.69) is 77.7 Å². The zero-order chi connectivity index (χ0) is 21.0. The van der Waals surface area contributed by atoms with Gasteiger partial charge in [-0.3, -0.25) is 9.69 Å². The van der Waals surface area contributed by atoms with Gasteiger partial charge in [0.15, 0.2) is 5.78 Å². The lowest BCUT2D eigenvalue weighted by atomic mass is 9.74. The summed E-state index contributed by atoms with van der Waals surface area (Å²) in [5.41, 5.74) is 3.91. The molecule has 0 bridgehead atoms. The van der Waals surface area contributed by atoms with E-state index in [0.29, 0.717) is 6.54 Å². The molecule has 0 atom stereocenters. The van der Waals surface area contributed by atoms with Crippen molar-refractivity contribution in [2.45, 2.75) is 12.0 Å². The van der Waals surface area contributed by atoms with E-state index < -0.39 is 5.54 Å². The summed E-state index contributed by atoms with van der Waals surface area (Å²) in [6.07, 6.45) is 2.71. The molecule has 0 aliphatic carbocycles. The molecular weight excluding hydrogens is 368 g/mol. The summed E-state index contributed by atoms with van der Waals surface area (Å²) in [6.45, 7) is 1.20. The molecular formula is C27H28N2O. The fraction of sp³-hybridized carbons (Fsp3) is 0.222. The molecule has 3 nitrogen and oxygen atoms in total. The minimum absolute atomic E-state index is 0.196. The van der Waals surface area contributed by atoms with Crippen LogP contribution in [0, 0.1) is 0 Å². The van der Waals surface area contributed by atoms with Gasteiger partial charge in [-0.05, 0) is 23.1 Å². The molecule has 152 valence electrons. The van der Waals surface area contributed by atoms with Gasteiger partial charge in [0.1, 0.15) is 0 Å². The van der Waals surface area contributed by atoms with Crippen molar-refractivity contribution in [2.75, 3.05) is 27.2 Å². The van der Waals surface area contributed by atoms with E-state index in [1.807, 2.05) is 43.4 Å². The molecule has 1 saturated heterocycles. The van der Waals surface area contributed by atoms with Gasteiger partial charge < -0.3 is 4.90 Å². The number of likely N-dealkylation sites (tertiary alicyclic amines) is 1. The number of carbonyl (C=O) groups excluding carboxylic acids is 1. The third-order valence-electron chi connectivity index (χ3n) is 5.81. The van der Waals surface area contributed by atoms with E-state index in [4.69, 9.17) is 0 Å². The Balaban J connectivity index is 1.92. The van der Waals surface area contributed by atoms with Crippen molar-refractivity contribution < 1.29 is 4.79 Å². The Morgan fingerprint density at radius 3 is 1.57 bits per heavy atom. The zero-order valence-corrected chi connectivity index (χ0v) is 17.7. The van der Waals surface area contributed by atoms with E-state index in [9.17, 15) is 4.79 Å². The summed E-state index contributed by atoms with van der Waals surface area (Å²) < 4.78 is 0. The Morgan fingerprint density at radius 2 is 1.20 bits per heavy atom. The van der Waals surface area contributed by atoms with Crippen molar-refractivity contribution in [1.82, 2.24) is 9.80 Å². The van der Waals surface area contributed by atoms with Gasteiger partial charge >= 0.3 is 0 Å². The van der Waals surface area contributed by atoms with Gasteiger partial charge in [-0.1, -0.05) is 91.0 Å². The van der Waals surface area contributed by atoms with E-state index >= 15 is 0 Å². The van der Waals surface area contributed by atoms with Crippen molar-refractivity contribution in [1.29, 1.82) is 0 Å². The number of hydrogen-bond acceptors (Lipinski definition) is 3. The summed E-state index contributed by atoms with van der Waals surface area (Å²) in [6, 6.07) is 31.7. The summed E-state index contributed by atoms with van der Waals surface area (Å²) in [4.78, 5) is 17.5. The predicted octanol–water partition coefficient (Wildman–Crippen LogP) is 4.70. The normalized spacial score (nSPS) is 16.6. The van der Waals surface area contributed by atoms with E-state index in [1.165, 1.54) is 16.7 Å². The lowest BCUT2D eigenvalue weighted by Gasteiger charge is -2.47. The lowest BCUT2D eigenvalue weighted by Crippen LogP contribution is -2.53. The van der Waals surface area contributed by atoms with Gasteiger partial charge in [0, 0.05) is 32.4 Å². The molecule has 1 aliphatic heterocycles. The lowest BCUT2D eigenvalue weighted by molar-refractivity contribution is -0.119. The number of rotatable bonds is 5. The van der Waals surface area contributed by atoms with Crippen molar-refractivity contribution in [3.63, 3.8) is 0 Å². The Labute approximate surface area is 179 Å². The van der Waals surface area contributed by atoms with Crippen LogP contribution < -0.4 is 0 Å². The maximum absolute atomic E-state index is 13.1. The smallest absolute Gasteiger partial charge is 0.174 e. The maximum Gasteiger partial charge on any atom is 0.174 e. The molecule has 1 heterocycles. The molecule has 3 aromatic rings. The second kappa shape index (κ2) is 8.68. The van der Waals surface area contributed by atoms with Crippen LogP contribution in [0.3, 0.4) is 0 Å². The van der Waals surface area contributed by atoms with Gasteiger partial charge in [-0.15, -0.1) is 0 Å². The van der Waals surface area contributed by atoms with Crippen LogP contribution in [0.25, 0.3) is 0 Å². The fourth-order valence-corrected chi connectivity index (χ4v) is 4.57. The Kier molecular flexibility index (Phi) is 5.82. The molecule has 0 aromatic heterocycles. The van der Waals surface area contributed by atoms with Crippen LogP contribution >= 0.6 is 0 Å². The molecule has 0 spiro atoms. The highest BCUT2D eigenvalue weighted by Crippen LogP contribution is 2.43. The van der Waals surface area contributed by atoms with Crippen molar-refractivity contribution in [2.24, 2.45) is 0 Å². The molecule has 0 unspecified atom stereocenters. The highest BCUT2D eigenvalue weighted by molar-refractivity contribution is 5.97. The zero-order valence-electron chi connectivity index (χ0n) is 17.7. The second-order valence-electron chi connectivity index (χ2n) is 8.02. The molecule has 3 heteroatoms. The van der Waals surface area contributed by atoms with Crippen LogP contribution in [0.2, 0.25) is 0 Å².